The van der Waals surface area contributed by atoms with E-state index in [9.17, 15) is 4.79 Å². The van der Waals surface area contributed by atoms with E-state index in [1.54, 1.807) is 0 Å². The monoisotopic (exact) mass is 284 g/mol. The Balaban J connectivity index is 1.49. The summed E-state index contributed by atoms with van der Waals surface area (Å²) in [6.45, 7) is 3.20. The van der Waals surface area contributed by atoms with Crippen molar-refractivity contribution in [2.45, 2.75) is 51.0 Å². The van der Waals surface area contributed by atoms with Crippen molar-refractivity contribution in [3.05, 3.63) is 0 Å². The molecular weight excluding hydrogens is 256 g/mol. The number of nitrogens with zero attached hydrogens (tertiary/aromatic N) is 1. The molecule has 0 aromatic rings. The van der Waals surface area contributed by atoms with Gasteiger partial charge in [-0.1, -0.05) is 12.8 Å². The van der Waals surface area contributed by atoms with E-state index in [1.165, 1.54) is 25.7 Å². The number of rotatable bonds is 6. The van der Waals surface area contributed by atoms with Crippen LogP contribution in [0.3, 0.4) is 0 Å². The normalized spacial score (nSPS) is 21.4. The first-order chi connectivity index (χ1) is 9.79. The van der Waals surface area contributed by atoms with E-state index in [1.807, 2.05) is 4.90 Å². The van der Waals surface area contributed by atoms with Gasteiger partial charge in [-0.25, -0.2) is 4.79 Å². The molecule has 1 saturated carbocycles. The van der Waals surface area contributed by atoms with Crippen molar-refractivity contribution in [3.8, 4) is 0 Å². The van der Waals surface area contributed by atoms with Crippen LogP contribution in [0.15, 0.2) is 0 Å². The van der Waals surface area contributed by atoms with Gasteiger partial charge in [-0.05, 0) is 38.0 Å². The Morgan fingerprint density at radius 2 is 1.90 bits per heavy atom. The number of piperidine rings is 1. The van der Waals surface area contributed by atoms with E-state index in [4.69, 9.17) is 9.84 Å². The third-order valence-electron chi connectivity index (χ3n) is 4.41. The molecule has 0 spiro atoms. The average Bonchev–Trinajstić information content (AvgIpc) is 3.00. The van der Waals surface area contributed by atoms with E-state index in [0.717, 1.165) is 39.0 Å². The Hall–Kier alpha value is -0.810. The van der Waals surface area contributed by atoms with Crippen molar-refractivity contribution in [2.24, 2.45) is 5.92 Å². The molecule has 2 fully saturated rings. The molecule has 1 heterocycles. The molecule has 2 amide bonds. The summed E-state index contributed by atoms with van der Waals surface area (Å²) in [6.07, 6.45) is 8.16. The third-order valence-corrected chi connectivity index (χ3v) is 4.41. The molecule has 2 aliphatic rings. The number of amides is 2. The van der Waals surface area contributed by atoms with Crippen molar-refractivity contribution < 1.29 is 14.6 Å². The molecule has 0 bridgehead atoms. The van der Waals surface area contributed by atoms with Crippen LogP contribution in [0.4, 0.5) is 4.79 Å². The predicted octanol–water partition coefficient (Wildman–Crippen LogP) is 1.75. The summed E-state index contributed by atoms with van der Waals surface area (Å²) < 4.78 is 5.77. The quantitative estimate of drug-likeness (QED) is 0.731. The highest BCUT2D eigenvalue weighted by Gasteiger charge is 2.21. The summed E-state index contributed by atoms with van der Waals surface area (Å²) in [4.78, 5) is 13.8. The number of ether oxygens (including phenoxy) is 1. The van der Waals surface area contributed by atoms with Crippen LogP contribution in [-0.2, 0) is 4.74 Å². The number of urea groups is 1. The fraction of sp³-hybridized carbons (Fsp3) is 0.933. The van der Waals surface area contributed by atoms with Crippen molar-refractivity contribution in [2.75, 3.05) is 32.8 Å². The van der Waals surface area contributed by atoms with Gasteiger partial charge in [0, 0.05) is 32.8 Å². The first-order valence-electron chi connectivity index (χ1n) is 8.05. The fourth-order valence-corrected chi connectivity index (χ4v) is 3.00. The van der Waals surface area contributed by atoms with Gasteiger partial charge in [0.25, 0.3) is 0 Å². The highest BCUT2D eigenvalue weighted by atomic mass is 16.5. The lowest BCUT2D eigenvalue weighted by Gasteiger charge is -2.31. The zero-order valence-corrected chi connectivity index (χ0v) is 12.4. The summed E-state index contributed by atoms with van der Waals surface area (Å²) in [5, 5.41) is 12.0. The van der Waals surface area contributed by atoms with Gasteiger partial charge >= 0.3 is 6.03 Å². The largest absolute Gasteiger partial charge is 0.396 e. The number of aliphatic hydroxyl groups excluding tert-OH is 1. The highest BCUT2D eigenvalue weighted by molar-refractivity contribution is 5.74. The standard InChI is InChI=1S/C15H28N2O3/c18-12-13-6-9-17(10-7-13)15(19)16-8-3-11-20-14-4-1-2-5-14/h13-14,18H,1-12H2,(H,16,19). The Kier molecular flexibility index (Phi) is 6.60. The van der Waals surface area contributed by atoms with E-state index >= 15 is 0 Å². The van der Waals surface area contributed by atoms with Crippen LogP contribution in [0.2, 0.25) is 0 Å². The van der Waals surface area contributed by atoms with Gasteiger partial charge in [0.1, 0.15) is 0 Å². The minimum atomic E-state index is 0.0299. The molecule has 5 nitrogen and oxygen atoms in total. The van der Waals surface area contributed by atoms with Crippen LogP contribution in [-0.4, -0.2) is 55.0 Å². The number of carbonyl (C=O) groups is 1. The van der Waals surface area contributed by atoms with E-state index in [0.29, 0.717) is 18.6 Å². The van der Waals surface area contributed by atoms with Crippen molar-refractivity contribution in [1.29, 1.82) is 0 Å². The minimum Gasteiger partial charge on any atom is -0.396 e. The minimum absolute atomic E-state index is 0.0299. The SMILES string of the molecule is O=C(NCCCOC1CCCC1)N1CCC(CO)CC1. The summed E-state index contributed by atoms with van der Waals surface area (Å²) in [7, 11) is 0. The second kappa shape index (κ2) is 8.47. The Bertz CT molecular complexity index is 285. The highest BCUT2D eigenvalue weighted by Crippen LogP contribution is 2.20. The van der Waals surface area contributed by atoms with Gasteiger partial charge < -0.3 is 20.1 Å². The van der Waals surface area contributed by atoms with Crippen LogP contribution >= 0.6 is 0 Å². The van der Waals surface area contributed by atoms with Crippen LogP contribution in [0, 0.1) is 5.92 Å². The molecule has 2 N–H and O–H groups in total. The molecule has 2 rings (SSSR count). The van der Waals surface area contributed by atoms with Gasteiger partial charge in [-0.15, -0.1) is 0 Å². The molecule has 0 atom stereocenters. The predicted molar refractivity (Wildman–Crippen MR) is 77.6 cm³/mol. The lowest BCUT2D eigenvalue weighted by molar-refractivity contribution is 0.0569. The summed E-state index contributed by atoms with van der Waals surface area (Å²) in [5.74, 6) is 0.374. The Morgan fingerprint density at radius 1 is 1.20 bits per heavy atom. The average molecular weight is 284 g/mol. The molecule has 0 radical (unpaired) electrons. The smallest absolute Gasteiger partial charge is 0.317 e. The fourth-order valence-electron chi connectivity index (χ4n) is 3.00. The number of aliphatic hydroxyl groups is 1. The maximum Gasteiger partial charge on any atom is 0.317 e. The second-order valence-electron chi connectivity index (χ2n) is 5.98. The Morgan fingerprint density at radius 3 is 2.55 bits per heavy atom. The zero-order valence-electron chi connectivity index (χ0n) is 12.4. The van der Waals surface area contributed by atoms with Crippen molar-refractivity contribution in [1.82, 2.24) is 10.2 Å². The van der Waals surface area contributed by atoms with Crippen molar-refractivity contribution in [3.63, 3.8) is 0 Å². The number of likely N-dealkylation sites (tertiary alicyclic amines) is 1. The number of hydrogen-bond donors (Lipinski definition) is 2. The maximum atomic E-state index is 11.9. The first kappa shape index (κ1) is 15.6. The molecule has 20 heavy (non-hydrogen) atoms. The zero-order chi connectivity index (χ0) is 14.2. The lowest BCUT2D eigenvalue weighted by Crippen LogP contribution is -2.45. The molecule has 116 valence electrons. The van der Waals surface area contributed by atoms with Gasteiger partial charge in [0.15, 0.2) is 0 Å². The maximum absolute atomic E-state index is 11.9. The number of nitrogens with one attached hydrogen (secondary N) is 1. The van der Waals surface area contributed by atoms with Gasteiger partial charge in [0.2, 0.25) is 0 Å². The van der Waals surface area contributed by atoms with Crippen molar-refractivity contribution >= 4 is 6.03 Å². The van der Waals surface area contributed by atoms with Gasteiger partial charge in [0.05, 0.1) is 6.10 Å². The summed E-state index contributed by atoms with van der Waals surface area (Å²) in [5.41, 5.74) is 0. The third kappa shape index (κ3) is 4.94. The Labute approximate surface area is 121 Å². The molecule has 1 aliphatic heterocycles. The molecule has 5 heteroatoms. The lowest BCUT2D eigenvalue weighted by atomic mass is 9.98. The van der Waals surface area contributed by atoms with E-state index in [2.05, 4.69) is 5.32 Å². The van der Waals surface area contributed by atoms with Gasteiger partial charge in [-0.2, -0.15) is 0 Å². The summed E-state index contributed by atoms with van der Waals surface area (Å²) in [6, 6.07) is 0.0299. The molecule has 0 aromatic carbocycles. The first-order valence-corrected chi connectivity index (χ1v) is 8.05. The number of carbonyl (C=O) groups excluding carboxylic acids is 1. The molecule has 1 saturated heterocycles. The molecule has 0 aromatic heterocycles. The van der Waals surface area contributed by atoms with Crippen LogP contribution in [0.5, 0.6) is 0 Å². The molecule has 0 unspecified atom stereocenters. The topological polar surface area (TPSA) is 61.8 Å². The van der Waals surface area contributed by atoms with E-state index in [-0.39, 0.29) is 12.6 Å². The number of hydrogen-bond acceptors (Lipinski definition) is 3. The van der Waals surface area contributed by atoms with Crippen LogP contribution < -0.4 is 5.32 Å². The van der Waals surface area contributed by atoms with Gasteiger partial charge in [-0.3, -0.25) is 0 Å². The van der Waals surface area contributed by atoms with E-state index < -0.39 is 0 Å². The summed E-state index contributed by atoms with van der Waals surface area (Å²) >= 11 is 0. The van der Waals surface area contributed by atoms with Crippen LogP contribution in [0.1, 0.15) is 44.9 Å². The molecular formula is C15H28N2O3. The second-order valence-corrected chi connectivity index (χ2v) is 5.98. The molecule has 1 aliphatic carbocycles. The van der Waals surface area contributed by atoms with Crippen LogP contribution in [0.25, 0.3) is 0 Å².